The predicted octanol–water partition coefficient (Wildman–Crippen LogP) is 2.57. The van der Waals surface area contributed by atoms with Gasteiger partial charge in [0.2, 0.25) is 0 Å². The summed E-state index contributed by atoms with van der Waals surface area (Å²) >= 11 is 7.43. The van der Waals surface area contributed by atoms with E-state index in [1.807, 2.05) is 17.8 Å². The van der Waals surface area contributed by atoms with Crippen LogP contribution in [0.15, 0.2) is 16.5 Å². The van der Waals surface area contributed by atoms with E-state index >= 15 is 0 Å². The van der Waals surface area contributed by atoms with Crippen LogP contribution >= 0.6 is 23.4 Å². The SMILES string of the molecule is Clc1ccc(CSCC2CO2)o1. The quantitative estimate of drug-likeness (QED) is 0.705. The molecule has 0 aromatic carbocycles. The fourth-order valence-corrected chi connectivity index (χ4v) is 1.98. The summed E-state index contributed by atoms with van der Waals surface area (Å²) in [6.07, 6.45) is 0.487. The summed E-state index contributed by atoms with van der Waals surface area (Å²) in [5.41, 5.74) is 0. The standard InChI is InChI=1S/C8H9ClO2S/c9-8-2-1-6(11-8)4-12-5-7-3-10-7/h1-2,7H,3-5H2. The number of halogens is 1. The van der Waals surface area contributed by atoms with Gasteiger partial charge < -0.3 is 9.15 Å². The molecule has 1 aliphatic heterocycles. The van der Waals surface area contributed by atoms with Gasteiger partial charge in [0, 0.05) is 5.75 Å². The van der Waals surface area contributed by atoms with Crippen molar-refractivity contribution in [3.05, 3.63) is 23.1 Å². The molecule has 1 unspecified atom stereocenters. The monoisotopic (exact) mass is 204 g/mol. The maximum atomic E-state index is 5.61. The lowest BCUT2D eigenvalue weighted by Crippen LogP contribution is -1.88. The van der Waals surface area contributed by atoms with E-state index in [4.69, 9.17) is 20.8 Å². The maximum absolute atomic E-state index is 5.61. The number of furan rings is 1. The van der Waals surface area contributed by atoms with Crippen molar-refractivity contribution < 1.29 is 9.15 Å². The smallest absolute Gasteiger partial charge is 0.193 e. The molecule has 0 saturated carbocycles. The molecule has 66 valence electrons. The summed E-state index contributed by atoms with van der Waals surface area (Å²) in [4.78, 5) is 0. The molecule has 0 spiro atoms. The average molecular weight is 205 g/mol. The van der Waals surface area contributed by atoms with Crippen LogP contribution in [0.3, 0.4) is 0 Å². The van der Waals surface area contributed by atoms with E-state index in [2.05, 4.69) is 0 Å². The molecule has 1 aromatic rings. The number of hydrogen-bond donors (Lipinski definition) is 0. The zero-order chi connectivity index (χ0) is 8.39. The molecule has 4 heteroatoms. The Bertz CT molecular complexity index is 257. The van der Waals surface area contributed by atoms with E-state index in [1.165, 1.54) is 0 Å². The Morgan fingerprint density at radius 2 is 2.42 bits per heavy atom. The van der Waals surface area contributed by atoms with Crippen LogP contribution in [0.25, 0.3) is 0 Å². The summed E-state index contributed by atoms with van der Waals surface area (Å²) in [6, 6.07) is 3.67. The van der Waals surface area contributed by atoms with E-state index < -0.39 is 0 Å². The molecule has 0 amide bonds. The fraction of sp³-hybridized carbons (Fsp3) is 0.500. The minimum absolute atomic E-state index is 0.466. The molecule has 2 rings (SSSR count). The van der Waals surface area contributed by atoms with E-state index in [-0.39, 0.29) is 0 Å². The van der Waals surface area contributed by atoms with Gasteiger partial charge in [0.25, 0.3) is 0 Å². The zero-order valence-corrected chi connectivity index (χ0v) is 8.03. The molecule has 1 aromatic heterocycles. The van der Waals surface area contributed by atoms with Gasteiger partial charge in [-0.3, -0.25) is 0 Å². The first-order valence-corrected chi connectivity index (χ1v) is 5.31. The van der Waals surface area contributed by atoms with E-state index in [9.17, 15) is 0 Å². The van der Waals surface area contributed by atoms with Crippen molar-refractivity contribution in [2.24, 2.45) is 0 Å². The molecule has 2 heterocycles. The second kappa shape index (κ2) is 3.73. The highest BCUT2D eigenvalue weighted by Gasteiger charge is 2.21. The molecular weight excluding hydrogens is 196 g/mol. The van der Waals surface area contributed by atoms with Crippen LogP contribution in [0.2, 0.25) is 5.22 Å². The van der Waals surface area contributed by atoms with Crippen LogP contribution in [0, 0.1) is 0 Å². The fourth-order valence-electron chi connectivity index (χ4n) is 0.885. The predicted molar refractivity (Wildman–Crippen MR) is 49.6 cm³/mol. The number of ether oxygens (including phenoxy) is 1. The van der Waals surface area contributed by atoms with Gasteiger partial charge in [-0.1, -0.05) is 0 Å². The van der Waals surface area contributed by atoms with Crippen LogP contribution in [0.1, 0.15) is 5.76 Å². The molecule has 0 N–H and O–H groups in total. The molecule has 12 heavy (non-hydrogen) atoms. The van der Waals surface area contributed by atoms with Crippen LogP contribution < -0.4 is 0 Å². The van der Waals surface area contributed by atoms with Crippen LogP contribution in [-0.4, -0.2) is 18.5 Å². The van der Waals surface area contributed by atoms with Crippen molar-refractivity contribution >= 4 is 23.4 Å². The first-order valence-electron chi connectivity index (χ1n) is 3.78. The van der Waals surface area contributed by atoms with Gasteiger partial charge in [-0.25, -0.2) is 0 Å². The highest BCUT2D eigenvalue weighted by Crippen LogP contribution is 2.22. The molecule has 1 saturated heterocycles. The van der Waals surface area contributed by atoms with Crippen molar-refractivity contribution in [3.63, 3.8) is 0 Å². The van der Waals surface area contributed by atoms with Crippen molar-refractivity contribution in [2.75, 3.05) is 12.4 Å². The van der Waals surface area contributed by atoms with Gasteiger partial charge >= 0.3 is 0 Å². The van der Waals surface area contributed by atoms with E-state index in [0.29, 0.717) is 11.3 Å². The van der Waals surface area contributed by atoms with E-state index in [0.717, 1.165) is 23.9 Å². The first kappa shape index (κ1) is 8.48. The summed E-state index contributed by atoms with van der Waals surface area (Å²) in [7, 11) is 0. The minimum Gasteiger partial charge on any atom is -0.449 e. The molecular formula is C8H9ClO2S. The third kappa shape index (κ3) is 2.44. The van der Waals surface area contributed by atoms with Gasteiger partial charge in [-0.15, -0.1) is 0 Å². The van der Waals surface area contributed by atoms with Crippen LogP contribution in [0.4, 0.5) is 0 Å². The minimum atomic E-state index is 0.466. The Hall–Kier alpha value is -0.120. The molecule has 1 fully saturated rings. The Labute approximate surface area is 80.2 Å². The Morgan fingerprint density at radius 1 is 1.58 bits per heavy atom. The van der Waals surface area contributed by atoms with Crippen molar-refractivity contribution in [1.82, 2.24) is 0 Å². The number of thioether (sulfide) groups is 1. The zero-order valence-electron chi connectivity index (χ0n) is 6.46. The second-order valence-electron chi connectivity index (χ2n) is 2.68. The van der Waals surface area contributed by atoms with Crippen molar-refractivity contribution in [1.29, 1.82) is 0 Å². The van der Waals surface area contributed by atoms with E-state index in [1.54, 1.807) is 6.07 Å². The lowest BCUT2D eigenvalue weighted by atomic mass is 10.5. The van der Waals surface area contributed by atoms with Crippen LogP contribution in [0.5, 0.6) is 0 Å². The molecule has 1 atom stereocenters. The third-order valence-corrected chi connectivity index (χ3v) is 2.88. The van der Waals surface area contributed by atoms with Crippen molar-refractivity contribution in [3.8, 4) is 0 Å². The number of rotatable bonds is 4. The molecule has 1 aliphatic rings. The Morgan fingerprint density at radius 3 is 3.00 bits per heavy atom. The van der Waals surface area contributed by atoms with Gasteiger partial charge in [0.05, 0.1) is 18.5 Å². The third-order valence-electron chi connectivity index (χ3n) is 1.58. The van der Waals surface area contributed by atoms with Crippen molar-refractivity contribution in [2.45, 2.75) is 11.9 Å². The van der Waals surface area contributed by atoms with Crippen LogP contribution in [-0.2, 0) is 10.5 Å². The average Bonchev–Trinajstić information content (AvgIpc) is 2.76. The maximum Gasteiger partial charge on any atom is 0.193 e. The molecule has 0 radical (unpaired) electrons. The Balaban J connectivity index is 1.71. The first-order chi connectivity index (χ1) is 5.84. The topological polar surface area (TPSA) is 25.7 Å². The largest absolute Gasteiger partial charge is 0.449 e. The lowest BCUT2D eigenvalue weighted by Gasteiger charge is -1.94. The second-order valence-corrected chi connectivity index (χ2v) is 4.08. The Kier molecular flexibility index (Phi) is 2.63. The lowest BCUT2D eigenvalue weighted by molar-refractivity contribution is 0.426. The number of epoxide rings is 1. The highest BCUT2D eigenvalue weighted by atomic mass is 35.5. The summed E-state index contributed by atoms with van der Waals surface area (Å²) in [5.74, 6) is 2.87. The van der Waals surface area contributed by atoms with Gasteiger partial charge in [0.1, 0.15) is 5.76 Å². The van der Waals surface area contributed by atoms with Gasteiger partial charge in [0.15, 0.2) is 5.22 Å². The normalized spacial score (nSPS) is 21.2. The summed E-state index contributed by atoms with van der Waals surface area (Å²) in [5, 5.41) is 0.466. The summed E-state index contributed by atoms with van der Waals surface area (Å²) < 4.78 is 10.3. The van der Waals surface area contributed by atoms with Gasteiger partial charge in [-0.2, -0.15) is 11.8 Å². The summed E-state index contributed by atoms with van der Waals surface area (Å²) in [6.45, 7) is 0.923. The molecule has 2 nitrogen and oxygen atoms in total. The number of hydrogen-bond acceptors (Lipinski definition) is 3. The van der Waals surface area contributed by atoms with Gasteiger partial charge in [-0.05, 0) is 23.7 Å². The molecule has 0 aliphatic carbocycles. The highest BCUT2D eigenvalue weighted by molar-refractivity contribution is 7.98. The molecule has 0 bridgehead atoms.